The Morgan fingerprint density at radius 1 is 1.50 bits per heavy atom. The molecule has 1 unspecified atom stereocenters. The Kier molecular flexibility index (Phi) is 2.73. The van der Waals surface area contributed by atoms with Crippen molar-refractivity contribution in [1.82, 2.24) is 0 Å². The SMILES string of the molecule is Cc1cccc2c1NCC(CCO)C2. The monoisotopic (exact) mass is 191 g/mol. The molecular weight excluding hydrogens is 174 g/mol. The van der Waals surface area contributed by atoms with Crippen molar-refractivity contribution in [1.29, 1.82) is 0 Å². The van der Waals surface area contributed by atoms with Crippen LogP contribution in [0, 0.1) is 12.8 Å². The molecule has 1 atom stereocenters. The Morgan fingerprint density at radius 3 is 3.14 bits per heavy atom. The molecule has 2 heteroatoms. The summed E-state index contributed by atoms with van der Waals surface area (Å²) < 4.78 is 0. The molecule has 1 aromatic rings. The quantitative estimate of drug-likeness (QED) is 0.749. The first kappa shape index (κ1) is 9.53. The molecule has 14 heavy (non-hydrogen) atoms. The lowest BCUT2D eigenvalue weighted by Crippen LogP contribution is -2.24. The van der Waals surface area contributed by atoms with E-state index in [4.69, 9.17) is 5.11 Å². The summed E-state index contributed by atoms with van der Waals surface area (Å²) in [5.41, 5.74) is 4.03. The number of rotatable bonds is 2. The first-order valence-corrected chi connectivity index (χ1v) is 5.24. The largest absolute Gasteiger partial charge is 0.396 e. The van der Waals surface area contributed by atoms with Gasteiger partial charge in [0.05, 0.1) is 0 Å². The molecular formula is C12H17NO. The first-order chi connectivity index (χ1) is 6.81. The van der Waals surface area contributed by atoms with Crippen molar-refractivity contribution in [3.05, 3.63) is 29.3 Å². The minimum atomic E-state index is 0.299. The summed E-state index contributed by atoms with van der Waals surface area (Å²) in [6.45, 7) is 3.43. The van der Waals surface area contributed by atoms with E-state index in [-0.39, 0.29) is 0 Å². The summed E-state index contributed by atoms with van der Waals surface area (Å²) in [7, 11) is 0. The normalized spacial score (nSPS) is 20.0. The van der Waals surface area contributed by atoms with Crippen molar-refractivity contribution in [3.63, 3.8) is 0 Å². The van der Waals surface area contributed by atoms with Crippen LogP contribution in [0.1, 0.15) is 17.5 Å². The second-order valence-corrected chi connectivity index (χ2v) is 4.07. The molecule has 0 saturated heterocycles. The number of fused-ring (bicyclic) bond motifs is 1. The van der Waals surface area contributed by atoms with E-state index < -0.39 is 0 Å². The summed E-state index contributed by atoms with van der Waals surface area (Å²) in [4.78, 5) is 0. The molecule has 0 aliphatic carbocycles. The van der Waals surface area contributed by atoms with Gasteiger partial charge < -0.3 is 10.4 Å². The van der Waals surface area contributed by atoms with Crippen LogP contribution < -0.4 is 5.32 Å². The molecule has 1 aliphatic heterocycles. The molecule has 1 aromatic carbocycles. The van der Waals surface area contributed by atoms with Gasteiger partial charge in [-0.25, -0.2) is 0 Å². The number of aliphatic hydroxyl groups is 1. The van der Waals surface area contributed by atoms with E-state index in [1.54, 1.807) is 0 Å². The highest BCUT2D eigenvalue weighted by atomic mass is 16.3. The standard InChI is InChI=1S/C12H17NO/c1-9-3-2-4-11-7-10(5-6-14)8-13-12(9)11/h2-4,10,13-14H,5-8H2,1H3. The van der Waals surface area contributed by atoms with E-state index in [2.05, 4.69) is 30.4 Å². The molecule has 0 fully saturated rings. The van der Waals surface area contributed by atoms with Crippen LogP contribution in [0.5, 0.6) is 0 Å². The lowest BCUT2D eigenvalue weighted by atomic mass is 9.90. The van der Waals surface area contributed by atoms with Gasteiger partial charge in [0.15, 0.2) is 0 Å². The zero-order chi connectivity index (χ0) is 9.97. The maximum Gasteiger partial charge on any atom is 0.0434 e. The van der Waals surface area contributed by atoms with E-state index in [0.717, 1.165) is 19.4 Å². The molecule has 2 nitrogen and oxygen atoms in total. The van der Waals surface area contributed by atoms with Crippen molar-refractivity contribution in [2.75, 3.05) is 18.5 Å². The summed E-state index contributed by atoms with van der Waals surface area (Å²) >= 11 is 0. The molecule has 2 rings (SSSR count). The number of hydrogen-bond acceptors (Lipinski definition) is 2. The highest BCUT2D eigenvalue weighted by molar-refractivity contribution is 5.58. The Labute approximate surface area is 85.0 Å². The average molecular weight is 191 g/mol. The van der Waals surface area contributed by atoms with E-state index >= 15 is 0 Å². The van der Waals surface area contributed by atoms with Crippen molar-refractivity contribution in [2.24, 2.45) is 5.92 Å². The smallest absolute Gasteiger partial charge is 0.0434 e. The zero-order valence-corrected chi connectivity index (χ0v) is 8.59. The van der Waals surface area contributed by atoms with Crippen LogP contribution in [0.15, 0.2) is 18.2 Å². The molecule has 0 radical (unpaired) electrons. The summed E-state index contributed by atoms with van der Waals surface area (Å²) in [6, 6.07) is 6.42. The summed E-state index contributed by atoms with van der Waals surface area (Å²) in [6.07, 6.45) is 2.00. The molecule has 1 aliphatic rings. The van der Waals surface area contributed by atoms with Crippen LogP contribution in [-0.4, -0.2) is 18.3 Å². The van der Waals surface area contributed by atoms with Crippen LogP contribution in [-0.2, 0) is 6.42 Å². The predicted molar refractivity (Wildman–Crippen MR) is 58.6 cm³/mol. The van der Waals surface area contributed by atoms with Gasteiger partial charge in [-0.15, -0.1) is 0 Å². The molecule has 0 amide bonds. The maximum atomic E-state index is 8.89. The number of nitrogens with one attached hydrogen (secondary N) is 1. The van der Waals surface area contributed by atoms with E-state index in [1.807, 2.05) is 0 Å². The fourth-order valence-corrected chi connectivity index (χ4v) is 2.17. The summed E-state index contributed by atoms with van der Waals surface area (Å²) in [5, 5.41) is 12.3. The predicted octanol–water partition coefficient (Wildman–Crippen LogP) is 1.96. The Morgan fingerprint density at radius 2 is 2.36 bits per heavy atom. The van der Waals surface area contributed by atoms with Gasteiger partial charge in [0.25, 0.3) is 0 Å². The van der Waals surface area contributed by atoms with Crippen LogP contribution in [0.4, 0.5) is 5.69 Å². The van der Waals surface area contributed by atoms with Gasteiger partial charge in [-0.2, -0.15) is 0 Å². The number of hydrogen-bond donors (Lipinski definition) is 2. The number of anilines is 1. The minimum absolute atomic E-state index is 0.299. The Bertz CT molecular complexity index is 322. The highest BCUT2D eigenvalue weighted by Gasteiger charge is 2.18. The van der Waals surface area contributed by atoms with Crippen LogP contribution in [0.25, 0.3) is 0 Å². The van der Waals surface area contributed by atoms with Crippen LogP contribution >= 0.6 is 0 Å². The number of benzene rings is 1. The molecule has 0 bridgehead atoms. The number of para-hydroxylation sites is 1. The zero-order valence-electron chi connectivity index (χ0n) is 8.59. The summed E-state index contributed by atoms with van der Waals surface area (Å²) in [5.74, 6) is 0.592. The fourth-order valence-electron chi connectivity index (χ4n) is 2.17. The average Bonchev–Trinajstić information content (AvgIpc) is 2.18. The number of aryl methyl sites for hydroxylation is 1. The van der Waals surface area contributed by atoms with Crippen molar-refractivity contribution < 1.29 is 5.11 Å². The van der Waals surface area contributed by atoms with Crippen molar-refractivity contribution >= 4 is 5.69 Å². The van der Waals surface area contributed by atoms with Crippen LogP contribution in [0.2, 0.25) is 0 Å². The van der Waals surface area contributed by atoms with Gasteiger partial charge in [0, 0.05) is 18.8 Å². The topological polar surface area (TPSA) is 32.3 Å². The van der Waals surface area contributed by atoms with E-state index in [9.17, 15) is 0 Å². The second kappa shape index (κ2) is 4.01. The third-order valence-corrected chi connectivity index (χ3v) is 2.97. The maximum absolute atomic E-state index is 8.89. The first-order valence-electron chi connectivity index (χ1n) is 5.24. The number of aliphatic hydroxyl groups excluding tert-OH is 1. The highest BCUT2D eigenvalue weighted by Crippen LogP contribution is 2.28. The molecule has 76 valence electrons. The van der Waals surface area contributed by atoms with Gasteiger partial charge >= 0.3 is 0 Å². The minimum Gasteiger partial charge on any atom is -0.396 e. The van der Waals surface area contributed by atoms with Gasteiger partial charge in [-0.3, -0.25) is 0 Å². The van der Waals surface area contributed by atoms with Crippen molar-refractivity contribution in [3.8, 4) is 0 Å². The van der Waals surface area contributed by atoms with Gasteiger partial charge in [-0.1, -0.05) is 18.2 Å². The van der Waals surface area contributed by atoms with Crippen LogP contribution in [0.3, 0.4) is 0 Å². The van der Waals surface area contributed by atoms with E-state index in [1.165, 1.54) is 16.8 Å². The Hall–Kier alpha value is -1.02. The van der Waals surface area contributed by atoms with Crippen molar-refractivity contribution in [2.45, 2.75) is 19.8 Å². The third kappa shape index (κ3) is 1.75. The van der Waals surface area contributed by atoms with Gasteiger partial charge in [-0.05, 0) is 36.8 Å². The third-order valence-electron chi connectivity index (χ3n) is 2.97. The molecule has 2 N–H and O–H groups in total. The molecule has 0 saturated carbocycles. The van der Waals surface area contributed by atoms with Gasteiger partial charge in [0.1, 0.15) is 0 Å². The second-order valence-electron chi connectivity index (χ2n) is 4.07. The molecule has 0 spiro atoms. The lowest BCUT2D eigenvalue weighted by Gasteiger charge is -2.26. The van der Waals surface area contributed by atoms with E-state index in [0.29, 0.717) is 12.5 Å². The van der Waals surface area contributed by atoms with Gasteiger partial charge in [0.2, 0.25) is 0 Å². The Balaban J connectivity index is 2.18. The lowest BCUT2D eigenvalue weighted by molar-refractivity contribution is 0.258. The molecule has 0 aromatic heterocycles. The fraction of sp³-hybridized carbons (Fsp3) is 0.500. The molecule has 1 heterocycles.